The molecule has 0 heterocycles. The van der Waals surface area contributed by atoms with E-state index in [2.05, 4.69) is 0 Å². The number of thiocarbonyl (C=S) groups is 1. The fourth-order valence-corrected chi connectivity index (χ4v) is 1.98. The molecule has 0 fully saturated rings. The molecule has 0 aliphatic rings. The van der Waals surface area contributed by atoms with Gasteiger partial charge in [0, 0.05) is 5.56 Å². The normalized spacial score (nSPS) is 10.2. The van der Waals surface area contributed by atoms with Gasteiger partial charge in [-0.3, -0.25) is 0 Å². The van der Waals surface area contributed by atoms with E-state index in [1.165, 1.54) is 18.2 Å². The van der Waals surface area contributed by atoms with Crippen molar-refractivity contribution >= 4 is 28.8 Å². The molecule has 6 heteroatoms. The van der Waals surface area contributed by atoms with Crippen LogP contribution in [0.3, 0.4) is 0 Å². The quantitative estimate of drug-likeness (QED) is 0.651. The Morgan fingerprint density at radius 1 is 1.10 bits per heavy atom. The fraction of sp³-hybridized carbons (Fsp3) is 0.133. The molecule has 3 nitrogen and oxygen atoms in total. The Morgan fingerprint density at radius 3 is 2.38 bits per heavy atom. The van der Waals surface area contributed by atoms with Gasteiger partial charge in [0.2, 0.25) is 0 Å². The summed E-state index contributed by atoms with van der Waals surface area (Å²) in [7, 11) is 0. The largest absolute Gasteiger partial charge is 0.490 e. The van der Waals surface area contributed by atoms with Crippen LogP contribution in [0.2, 0.25) is 5.02 Å². The number of rotatable bonds is 6. The van der Waals surface area contributed by atoms with Gasteiger partial charge in [-0.2, -0.15) is 0 Å². The molecular weight excluding hydrogens is 313 g/mol. The topological polar surface area (TPSA) is 44.5 Å². The first-order chi connectivity index (χ1) is 10.1. The maximum Gasteiger partial charge on any atom is 0.138 e. The zero-order valence-corrected chi connectivity index (χ0v) is 12.6. The molecule has 0 aliphatic heterocycles. The Kier molecular flexibility index (Phi) is 5.36. The van der Waals surface area contributed by atoms with E-state index in [9.17, 15) is 4.39 Å². The van der Waals surface area contributed by atoms with Gasteiger partial charge in [0.1, 0.15) is 35.5 Å². The van der Waals surface area contributed by atoms with Crippen LogP contribution in [0.5, 0.6) is 11.5 Å². The monoisotopic (exact) mass is 325 g/mol. The molecule has 0 bridgehead atoms. The molecule has 2 rings (SSSR count). The van der Waals surface area contributed by atoms with Gasteiger partial charge in [0.05, 0.1) is 5.02 Å². The highest BCUT2D eigenvalue weighted by atomic mass is 35.5. The first-order valence-electron chi connectivity index (χ1n) is 6.17. The summed E-state index contributed by atoms with van der Waals surface area (Å²) >= 11 is 10.7. The highest BCUT2D eigenvalue weighted by Gasteiger charge is 2.03. The predicted molar refractivity (Wildman–Crippen MR) is 84.7 cm³/mol. The highest BCUT2D eigenvalue weighted by molar-refractivity contribution is 7.80. The number of halogens is 2. The predicted octanol–water partition coefficient (Wildman–Crippen LogP) is 3.57. The van der Waals surface area contributed by atoms with Crippen molar-refractivity contribution in [1.82, 2.24) is 0 Å². The fourth-order valence-electron chi connectivity index (χ4n) is 1.62. The van der Waals surface area contributed by atoms with Gasteiger partial charge < -0.3 is 15.2 Å². The van der Waals surface area contributed by atoms with Crippen LogP contribution in [0.4, 0.5) is 4.39 Å². The summed E-state index contributed by atoms with van der Waals surface area (Å²) in [6.45, 7) is 0.628. The zero-order valence-electron chi connectivity index (χ0n) is 11.0. The second-order valence-corrected chi connectivity index (χ2v) is 5.01. The van der Waals surface area contributed by atoms with Gasteiger partial charge >= 0.3 is 0 Å². The first kappa shape index (κ1) is 15.5. The zero-order chi connectivity index (χ0) is 15.2. The number of benzene rings is 2. The molecule has 0 aromatic heterocycles. The van der Waals surface area contributed by atoms with Crippen molar-refractivity contribution in [3.05, 3.63) is 58.9 Å². The van der Waals surface area contributed by atoms with Gasteiger partial charge in [0.25, 0.3) is 0 Å². The molecule has 2 N–H and O–H groups in total. The van der Waals surface area contributed by atoms with Crippen LogP contribution < -0.4 is 15.2 Å². The molecular formula is C15H13ClFNO2S. The number of hydrogen-bond donors (Lipinski definition) is 1. The second kappa shape index (κ2) is 7.24. The SMILES string of the molecule is NC(=S)c1ccc(OCCOc2ccc(F)cc2Cl)cc1. The van der Waals surface area contributed by atoms with Crippen molar-refractivity contribution in [2.24, 2.45) is 5.73 Å². The summed E-state index contributed by atoms with van der Waals surface area (Å²) in [6.07, 6.45) is 0. The third-order valence-electron chi connectivity index (χ3n) is 2.64. The van der Waals surface area contributed by atoms with E-state index in [0.29, 0.717) is 29.7 Å². The summed E-state index contributed by atoms with van der Waals surface area (Å²) in [5.74, 6) is 0.704. The molecule has 21 heavy (non-hydrogen) atoms. The van der Waals surface area contributed by atoms with Crippen molar-refractivity contribution in [1.29, 1.82) is 0 Å². The van der Waals surface area contributed by atoms with Gasteiger partial charge in [-0.1, -0.05) is 23.8 Å². The van der Waals surface area contributed by atoms with Crippen molar-refractivity contribution in [2.75, 3.05) is 13.2 Å². The average molecular weight is 326 g/mol. The van der Waals surface area contributed by atoms with Crippen LogP contribution in [0.15, 0.2) is 42.5 Å². The van der Waals surface area contributed by atoms with Gasteiger partial charge in [-0.25, -0.2) is 4.39 Å². The lowest BCUT2D eigenvalue weighted by atomic mass is 10.2. The van der Waals surface area contributed by atoms with Crippen LogP contribution >= 0.6 is 23.8 Å². The molecule has 0 aliphatic carbocycles. The minimum Gasteiger partial charge on any atom is -0.490 e. The summed E-state index contributed by atoms with van der Waals surface area (Å²) in [6, 6.07) is 11.1. The molecule has 0 unspecified atom stereocenters. The number of ether oxygens (including phenoxy) is 2. The molecule has 0 spiro atoms. The smallest absolute Gasteiger partial charge is 0.138 e. The number of hydrogen-bond acceptors (Lipinski definition) is 3. The minimum atomic E-state index is -0.401. The van der Waals surface area contributed by atoms with E-state index in [-0.39, 0.29) is 5.02 Å². The Labute approximate surface area is 132 Å². The lowest BCUT2D eigenvalue weighted by Gasteiger charge is -2.10. The third-order valence-corrected chi connectivity index (χ3v) is 3.17. The van der Waals surface area contributed by atoms with E-state index in [0.717, 1.165) is 5.56 Å². The summed E-state index contributed by atoms with van der Waals surface area (Å²) in [4.78, 5) is 0.343. The summed E-state index contributed by atoms with van der Waals surface area (Å²) in [5, 5.41) is 0.232. The van der Waals surface area contributed by atoms with Gasteiger partial charge in [-0.15, -0.1) is 0 Å². The van der Waals surface area contributed by atoms with E-state index in [1.807, 2.05) is 0 Å². The molecule has 0 saturated carbocycles. The molecule has 110 valence electrons. The summed E-state index contributed by atoms with van der Waals surface area (Å²) < 4.78 is 23.8. The molecule has 0 atom stereocenters. The van der Waals surface area contributed by atoms with E-state index in [1.54, 1.807) is 24.3 Å². The average Bonchev–Trinajstić information content (AvgIpc) is 2.46. The highest BCUT2D eigenvalue weighted by Crippen LogP contribution is 2.24. The minimum absolute atomic E-state index is 0.232. The lowest BCUT2D eigenvalue weighted by Crippen LogP contribution is -2.10. The standard InChI is InChI=1S/C15H13ClFNO2S/c16-13-9-11(17)3-6-14(13)20-8-7-19-12-4-1-10(2-5-12)15(18)21/h1-6,9H,7-8H2,(H2,18,21). The summed E-state index contributed by atoms with van der Waals surface area (Å²) in [5.41, 5.74) is 6.29. The van der Waals surface area contributed by atoms with Crippen LogP contribution in [0.1, 0.15) is 5.56 Å². The maximum absolute atomic E-state index is 12.9. The maximum atomic E-state index is 12.9. The van der Waals surface area contributed by atoms with Crippen LogP contribution in [0, 0.1) is 5.82 Å². The molecule has 2 aromatic carbocycles. The van der Waals surface area contributed by atoms with E-state index >= 15 is 0 Å². The van der Waals surface area contributed by atoms with Gasteiger partial charge in [0.15, 0.2) is 0 Å². The van der Waals surface area contributed by atoms with Crippen LogP contribution in [-0.2, 0) is 0 Å². The Morgan fingerprint density at radius 2 is 1.76 bits per heavy atom. The third kappa shape index (κ3) is 4.58. The van der Waals surface area contributed by atoms with E-state index < -0.39 is 5.82 Å². The Balaban J connectivity index is 1.80. The molecule has 0 saturated heterocycles. The van der Waals surface area contributed by atoms with Crippen LogP contribution in [0.25, 0.3) is 0 Å². The Bertz CT molecular complexity index is 634. The lowest BCUT2D eigenvalue weighted by molar-refractivity contribution is 0.217. The molecule has 0 amide bonds. The van der Waals surface area contributed by atoms with Gasteiger partial charge in [-0.05, 0) is 42.5 Å². The van der Waals surface area contributed by atoms with E-state index in [4.69, 9.17) is 39.0 Å². The second-order valence-electron chi connectivity index (χ2n) is 4.16. The molecule has 2 aromatic rings. The number of nitrogens with two attached hydrogens (primary N) is 1. The van der Waals surface area contributed by atoms with Crippen molar-refractivity contribution in [3.8, 4) is 11.5 Å². The van der Waals surface area contributed by atoms with Crippen molar-refractivity contribution in [3.63, 3.8) is 0 Å². The van der Waals surface area contributed by atoms with Crippen LogP contribution in [-0.4, -0.2) is 18.2 Å². The first-order valence-corrected chi connectivity index (χ1v) is 6.95. The molecule has 0 radical (unpaired) electrons. The Hall–Kier alpha value is -1.85. The van der Waals surface area contributed by atoms with Crippen molar-refractivity contribution < 1.29 is 13.9 Å². The van der Waals surface area contributed by atoms with Crippen molar-refractivity contribution in [2.45, 2.75) is 0 Å².